The number of nitrogens with zero attached hydrogens (tertiary/aromatic N) is 1. The second-order valence-electron chi connectivity index (χ2n) is 6.89. The molecule has 0 bridgehead atoms. The third-order valence-corrected chi connectivity index (χ3v) is 3.48. The van der Waals surface area contributed by atoms with Crippen molar-refractivity contribution in [1.29, 1.82) is 0 Å². The fourth-order valence-electron chi connectivity index (χ4n) is 2.72. The molecule has 0 fully saturated rings. The van der Waals surface area contributed by atoms with Gasteiger partial charge < -0.3 is 10.2 Å². The van der Waals surface area contributed by atoms with Gasteiger partial charge in [-0.15, -0.1) is 0 Å². The van der Waals surface area contributed by atoms with Gasteiger partial charge in [-0.05, 0) is 36.4 Å². The van der Waals surface area contributed by atoms with Crippen LogP contribution in [0.1, 0.15) is 59.1 Å². The lowest BCUT2D eigenvalue weighted by Gasteiger charge is -2.31. The van der Waals surface area contributed by atoms with Crippen molar-refractivity contribution in [1.82, 2.24) is 5.32 Å². The Morgan fingerprint density at radius 2 is 1.80 bits per heavy atom. The molecule has 0 aromatic heterocycles. The standard InChI is InChI=1S/C18H32N2/c1-7-13-19-16(8-2)15-11-9-10-12-17(15)20(6)14-18(3,4)5/h9-12,16,19H,7-8,13-14H2,1-6H3. The molecule has 114 valence electrons. The van der Waals surface area contributed by atoms with E-state index in [0.29, 0.717) is 11.5 Å². The van der Waals surface area contributed by atoms with Crippen LogP contribution in [0.4, 0.5) is 5.69 Å². The summed E-state index contributed by atoms with van der Waals surface area (Å²) in [7, 11) is 2.20. The van der Waals surface area contributed by atoms with E-state index in [1.807, 2.05) is 0 Å². The summed E-state index contributed by atoms with van der Waals surface area (Å²) in [6, 6.07) is 9.27. The first-order valence-electron chi connectivity index (χ1n) is 7.92. The Labute approximate surface area is 125 Å². The van der Waals surface area contributed by atoms with Gasteiger partial charge in [0, 0.05) is 25.3 Å². The maximum atomic E-state index is 3.67. The second kappa shape index (κ2) is 7.68. The molecule has 0 aliphatic carbocycles. The minimum absolute atomic E-state index is 0.306. The van der Waals surface area contributed by atoms with E-state index < -0.39 is 0 Å². The monoisotopic (exact) mass is 276 g/mol. The first kappa shape index (κ1) is 17.0. The van der Waals surface area contributed by atoms with E-state index in [0.717, 1.165) is 19.5 Å². The van der Waals surface area contributed by atoms with Crippen molar-refractivity contribution >= 4 is 5.69 Å². The van der Waals surface area contributed by atoms with Gasteiger partial charge in [-0.2, -0.15) is 0 Å². The zero-order valence-electron chi connectivity index (χ0n) is 14.2. The molecule has 1 N–H and O–H groups in total. The van der Waals surface area contributed by atoms with Gasteiger partial charge in [0.1, 0.15) is 0 Å². The van der Waals surface area contributed by atoms with Crippen LogP contribution in [0.2, 0.25) is 0 Å². The maximum absolute atomic E-state index is 3.67. The molecule has 1 rings (SSSR count). The molecule has 0 spiro atoms. The van der Waals surface area contributed by atoms with Gasteiger partial charge in [0.15, 0.2) is 0 Å². The van der Waals surface area contributed by atoms with Crippen LogP contribution in [0.15, 0.2) is 24.3 Å². The molecule has 2 nitrogen and oxygen atoms in total. The van der Waals surface area contributed by atoms with Gasteiger partial charge in [-0.3, -0.25) is 0 Å². The maximum Gasteiger partial charge on any atom is 0.0412 e. The van der Waals surface area contributed by atoms with Crippen LogP contribution in [0.3, 0.4) is 0 Å². The minimum Gasteiger partial charge on any atom is -0.374 e. The fraction of sp³-hybridized carbons (Fsp3) is 0.667. The first-order chi connectivity index (χ1) is 9.39. The number of hydrogen-bond donors (Lipinski definition) is 1. The Hall–Kier alpha value is -1.02. The lowest BCUT2D eigenvalue weighted by atomic mass is 9.95. The summed E-state index contributed by atoms with van der Waals surface area (Å²) in [4.78, 5) is 2.39. The predicted molar refractivity (Wildman–Crippen MR) is 90.5 cm³/mol. The molecule has 1 aromatic carbocycles. The average Bonchev–Trinajstić information content (AvgIpc) is 2.38. The first-order valence-corrected chi connectivity index (χ1v) is 7.92. The normalized spacial score (nSPS) is 13.3. The van der Waals surface area contributed by atoms with Crippen molar-refractivity contribution in [2.24, 2.45) is 5.41 Å². The van der Waals surface area contributed by atoms with Gasteiger partial charge >= 0.3 is 0 Å². The summed E-state index contributed by atoms with van der Waals surface area (Å²) in [5, 5.41) is 3.67. The zero-order valence-corrected chi connectivity index (χ0v) is 14.2. The second-order valence-corrected chi connectivity index (χ2v) is 6.89. The topological polar surface area (TPSA) is 15.3 Å². The number of anilines is 1. The van der Waals surface area contributed by atoms with Crippen molar-refractivity contribution in [2.75, 3.05) is 25.0 Å². The highest BCUT2D eigenvalue weighted by Crippen LogP contribution is 2.29. The van der Waals surface area contributed by atoms with E-state index >= 15 is 0 Å². The van der Waals surface area contributed by atoms with E-state index in [1.54, 1.807) is 0 Å². The van der Waals surface area contributed by atoms with Crippen LogP contribution in [-0.4, -0.2) is 20.1 Å². The van der Waals surface area contributed by atoms with E-state index in [-0.39, 0.29) is 0 Å². The summed E-state index contributed by atoms with van der Waals surface area (Å²) < 4.78 is 0. The molecule has 0 heterocycles. The zero-order chi connectivity index (χ0) is 15.2. The summed E-state index contributed by atoms with van der Waals surface area (Å²) in [6.07, 6.45) is 2.30. The Balaban J connectivity index is 2.96. The SMILES string of the molecule is CCCNC(CC)c1ccccc1N(C)CC(C)(C)C. The summed E-state index contributed by atoms with van der Waals surface area (Å²) in [6.45, 7) is 13.5. The third-order valence-electron chi connectivity index (χ3n) is 3.48. The smallest absolute Gasteiger partial charge is 0.0412 e. The largest absolute Gasteiger partial charge is 0.374 e. The number of nitrogens with one attached hydrogen (secondary N) is 1. The Morgan fingerprint density at radius 1 is 1.15 bits per heavy atom. The fourth-order valence-corrected chi connectivity index (χ4v) is 2.72. The Kier molecular flexibility index (Phi) is 6.54. The predicted octanol–water partition coefficient (Wildman–Crippen LogP) is 4.62. The van der Waals surface area contributed by atoms with Crippen molar-refractivity contribution in [3.63, 3.8) is 0 Å². The van der Waals surface area contributed by atoms with Crippen LogP contribution >= 0.6 is 0 Å². The van der Waals surface area contributed by atoms with Crippen molar-refractivity contribution in [2.45, 2.75) is 53.5 Å². The molecule has 1 unspecified atom stereocenters. The Morgan fingerprint density at radius 3 is 2.35 bits per heavy atom. The quantitative estimate of drug-likeness (QED) is 0.781. The molecular formula is C18H32N2. The molecule has 2 heteroatoms. The van der Waals surface area contributed by atoms with Gasteiger partial charge in [0.2, 0.25) is 0 Å². The third kappa shape index (κ3) is 5.16. The van der Waals surface area contributed by atoms with E-state index in [4.69, 9.17) is 0 Å². The van der Waals surface area contributed by atoms with Gasteiger partial charge in [0.25, 0.3) is 0 Å². The van der Waals surface area contributed by atoms with Crippen molar-refractivity contribution < 1.29 is 0 Å². The highest BCUT2D eigenvalue weighted by atomic mass is 15.1. The highest BCUT2D eigenvalue weighted by Gasteiger charge is 2.18. The van der Waals surface area contributed by atoms with Crippen LogP contribution in [0.25, 0.3) is 0 Å². The van der Waals surface area contributed by atoms with E-state index in [9.17, 15) is 0 Å². The summed E-state index contributed by atoms with van der Waals surface area (Å²) in [5.41, 5.74) is 3.09. The van der Waals surface area contributed by atoms with Crippen LogP contribution in [0.5, 0.6) is 0 Å². The van der Waals surface area contributed by atoms with Crippen molar-refractivity contribution in [3.8, 4) is 0 Å². The van der Waals surface area contributed by atoms with E-state index in [1.165, 1.54) is 17.7 Å². The van der Waals surface area contributed by atoms with Gasteiger partial charge in [0.05, 0.1) is 0 Å². The van der Waals surface area contributed by atoms with Gasteiger partial charge in [-0.25, -0.2) is 0 Å². The molecule has 1 atom stereocenters. The van der Waals surface area contributed by atoms with Crippen LogP contribution < -0.4 is 10.2 Å². The lowest BCUT2D eigenvalue weighted by molar-refractivity contribution is 0.417. The number of hydrogen-bond acceptors (Lipinski definition) is 2. The summed E-state index contributed by atoms with van der Waals surface area (Å²) in [5.74, 6) is 0. The highest BCUT2D eigenvalue weighted by molar-refractivity contribution is 5.54. The molecule has 20 heavy (non-hydrogen) atoms. The molecule has 0 saturated carbocycles. The molecule has 0 amide bonds. The average molecular weight is 276 g/mol. The molecule has 0 aliphatic heterocycles. The number of para-hydroxylation sites is 1. The summed E-state index contributed by atoms with van der Waals surface area (Å²) >= 11 is 0. The Bertz CT molecular complexity index is 393. The van der Waals surface area contributed by atoms with E-state index in [2.05, 4.69) is 76.1 Å². The molecule has 0 radical (unpaired) electrons. The molecular weight excluding hydrogens is 244 g/mol. The molecule has 0 saturated heterocycles. The number of rotatable bonds is 7. The van der Waals surface area contributed by atoms with Crippen LogP contribution in [0, 0.1) is 5.41 Å². The number of benzene rings is 1. The van der Waals surface area contributed by atoms with Crippen molar-refractivity contribution in [3.05, 3.63) is 29.8 Å². The molecule has 0 aliphatic rings. The molecule has 1 aromatic rings. The van der Waals surface area contributed by atoms with Crippen LogP contribution in [-0.2, 0) is 0 Å². The minimum atomic E-state index is 0.306. The lowest BCUT2D eigenvalue weighted by Crippen LogP contribution is -2.31. The van der Waals surface area contributed by atoms with Gasteiger partial charge in [-0.1, -0.05) is 52.8 Å².